The Morgan fingerprint density at radius 1 is 1.10 bits per heavy atom. The first kappa shape index (κ1) is 19.1. The Morgan fingerprint density at radius 3 is 2.60 bits per heavy atom. The van der Waals surface area contributed by atoms with Gasteiger partial charge in [-0.05, 0) is 42.5 Å². The van der Waals surface area contributed by atoms with Crippen LogP contribution in [-0.4, -0.2) is 26.8 Å². The van der Waals surface area contributed by atoms with E-state index in [4.69, 9.17) is 4.74 Å². The number of ether oxygens (including phenoxy) is 1. The number of hydrogen-bond donors (Lipinski definition) is 1. The third-order valence-electron chi connectivity index (χ3n) is 4.31. The van der Waals surface area contributed by atoms with Crippen molar-refractivity contribution in [2.45, 2.75) is 0 Å². The SMILES string of the molecule is O=C(COc1ccc(-c2cn3cc([N+](=O)[O-])ccc3n2)cc1)Nc1ccccc1F. The monoisotopic (exact) mass is 406 g/mol. The Kier molecular flexibility index (Phi) is 5.08. The topological polar surface area (TPSA) is 98.8 Å². The molecule has 0 saturated heterocycles. The molecule has 1 amide bonds. The van der Waals surface area contributed by atoms with E-state index < -0.39 is 16.6 Å². The molecule has 0 atom stereocenters. The highest BCUT2D eigenvalue weighted by molar-refractivity contribution is 5.92. The normalized spacial score (nSPS) is 10.7. The number of hydrogen-bond acceptors (Lipinski definition) is 5. The molecule has 0 fully saturated rings. The van der Waals surface area contributed by atoms with Crippen LogP contribution < -0.4 is 10.1 Å². The van der Waals surface area contributed by atoms with Crippen molar-refractivity contribution in [2.24, 2.45) is 0 Å². The van der Waals surface area contributed by atoms with Crippen LogP contribution in [0.4, 0.5) is 15.8 Å². The second-order valence-electron chi connectivity index (χ2n) is 6.38. The number of amides is 1. The average Bonchev–Trinajstić information content (AvgIpc) is 3.17. The second-order valence-corrected chi connectivity index (χ2v) is 6.38. The Hall–Kier alpha value is -4.27. The number of carbonyl (C=O) groups excluding carboxylic acids is 1. The highest BCUT2D eigenvalue weighted by atomic mass is 19.1. The maximum atomic E-state index is 13.6. The molecule has 4 rings (SSSR count). The van der Waals surface area contributed by atoms with Gasteiger partial charge < -0.3 is 10.1 Å². The van der Waals surface area contributed by atoms with Gasteiger partial charge in [-0.1, -0.05) is 12.1 Å². The maximum Gasteiger partial charge on any atom is 0.286 e. The lowest BCUT2D eigenvalue weighted by Crippen LogP contribution is -2.20. The highest BCUT2D eigenvalue weighted by Crippen LogP contribution is 2.23. The molecule has 0 aliphatic rings. The highest BCUT2D eigenvalue weighted by Gasteiger charge is 2.11. The Labute approximate surface area is 169 Å². The molecule has 2 aromatic carbocycles. The summed E-state index contributed by atoms with van der Waals surface area (Å²) in [6.45, 7) is -0.272. The quantitative estimate of drug-likeness (QED) is 0.384. The minimum atomic E-state index is -0.520. The Bertz CT molecular complexity index is 1240. The second kappa shape index (κ2) is 8.00. The summed E-state index contributed by atoms with van der Waals surface area (Å²) in [7, 11) is 0. The molecule has 8 nitrogen and oxygen atoms in total. The van der Waals surface area contributed by atoms with Crippen LogP contribution in [0, 0.1) is 15.9 Å². The summed E-state index contributed by atoms with van der Waals surface area (Å²) in [5.41, 5.74) is 2.07. The minimum Gasteiger partial charge on any atom is -0.484 e. The molecule has 9 heteroatoms. The fourth-order valence-corrected chi connectivity index (χ4v) is 2.85. The molecule has 4 aromatic rings. The summed E-state index contributed by atoms with van der Waals surface area (Å²) in [4.78, 5) is 26.8. The molecule has 150 valence electrons. The summed E-state index contributed by atoms with van der Waals surface area (Å²) in [6.07, 6.45) is 3.09. The van der Waals surface area contributed by atoms with Crippen LogP contribution in [0.25, 0.3) is 16.9 Å². The zero-order chi connectivity index (χ0) is 21.1. The van der Waals surface area contributed by atoms with Gasteiger partial charge in [0, 0.05) is 17.8 Å². The van der Waals surface area contributed by atoms with Crippen molar-refractivity contribution >= 4 is 22.9 Å². The van der Waals surface area contributed by atoms with Gasteiger partial charge in [0.2, 0.25) is 0 Å². The number of nitrogens with zero attached hydrogens (tertiary/aromatic N) is 3. The molecular weight excluding hydrogens is 391 g/mol. The first-order valence-corrected chi connectivity index (χ1v) is 8.90. The van der Waals surface area contributed by atoms with Gasteiger partial charge in [-0.3, -0.25) is 19.3 Å². The van der Waals surface area contributed by atoms with Crippen molar-refractivity contribution in [2.75, 3.05) is 11.9 Å². The largest absolute Gasteiger partial charge is 0.484 e. The van der Waals surface area contributed by atoms with Gasteiger partial charge >= 0.3 is 0 Å². The van der Waals surface area contributed by atoms with E-state index in [1.54, 1.807) is 47.0 Å². The number of fused-ring (bicyclic) bond motifs is 1. The number of anilines is 1. The molecule has 0 aliphatic heterocycles. The molecular formula is C21H15FN4O4. The summed E-state index contributed by atoms with van der Waals surface area (Å²) in [6, 6.07) is 15.7. The molecule has 0 spiro atoms. The van der Waals surface area contributed by atoms with E-state index in [9.17, 15) is 19.3 Å². The van der Waals surface area contributed by atoms with E-state index >= 15 is 0 Å². The van der Waals surface area contributed by atoms with Crippen LogP contribution in [0.15, 0.2) is 73.1 Å². The van der Waals surface area contributed by atoms with E-state index in [1.807, 2.05) is 0 Å². The van der Waals surface area contributed by atoms with Gasteiger partial charge in [0.25, 0.3) is 11.6 Å². The number of pyridine rings is 1. The predicted octanol–water partition coefficient (Wildman–Crippen LogP) is 4.07. The fraction of sp³-hybridized carbons (Fsp3) is 0.0476. The number of halogens is 1. The summed E-state index contributed by atoms with van der Waals surface area (Å²) in [5.74, 6) is -0.541. The lowest BCUT2D eigenvalue weighted by Gasteiger charge is -2.08. The number of para-hydroxylation sites is 1. The van der Waals surface area contributed by atoms with E-state index in [1.165, 1.54) is 30.5 Å². The van der Waals surface area contributed by atoms with Crippen molar-refractivity contribution in [3.63, 3.8) is 0 Å². The Morgan fingerprint density at radius 2 is 1.87 bits per heavy atom. The lowest BCUT2D eigenvalue weighted by molar-refractivity contribution is -0.385. The van der Waals surface area contributed by atoms with E-state index in [0.29, 0.717) is 17.1 Å². The molecule has 1 N–H and O–H groups in total. The number of rotatable bonds is 6. The zero-order valence-electron chi connectivity index (χ0n) is 15.5. The predicted molar refractivity (Wildman–Crippen MR) is 108 cm³/mol. The van der Waals surface area contributed by atoms with Crippen LogP contribution in [0.1, 0.15) is 0 Å². The number of benzene rings is 2. The number of imidazole rings is 1. The van der Waals surface area contributed by atoms with Crippen LogP contribution in [0.3, 0.4) is 0 Å². The van der Waals surface area contributed by atoms with Crippen molar-refractivity contribution in [3.8, 4) is 17.0 Å². The number of aromatic nitrogens is 2. The molecule has 2 aromatic heterocycles. The third kappa shape index (κ3) is 4.09. The summed E-state index contributed by atoms with van der Waals surface area (Å²) >= 11 is 0. The standard InChI is InChI=1S/C21H15FN4O4/c22-17-3-1-2-4-18(17)24-21(27)13-30-16-8-5-14(6-9-16)19-12-25-11-15(26(28)29)7-10-20(25)23-19/h1-12H,13H2,(H,24,27). The van der Waals surface area contributed by atoms with Gasteiger partial charge in [0.05, 0.1) is 22.5 Å². The lowest BCUT2D eigenvalue weighted by atomic mass is 10.2. The minimum absolute atomic E-state index is 0.0242. The third-order valence-corrected chi connectivity index (χ3v) is 4.31. The summed E-state index contributed by atoms with van der Waals surface area (Å²) < 4.78 is 20.6. The van der Waals surface area contributed by atoms with Gasteiger partial charge in [0.1, 0.15) is 17.2 Å². The van der Waals surface area contributed by atoms with Crippen LogP contribution >= 0.6 is 0 Å². The van der Waals surface area contributed by atoms with Crippen molar-refractivity contribution in [1.82, 2.24) is 9.38 Å². The van der Waals surface area contributed by atoms with E-state index in [2.05, 4.69) is 10.3 Å². The van der Waals surface area contributed by atoms with Crippen molar-refractivity contribution in [3.05, 3.63) is 89.0 Å². The number of carbonyl (C=O) groups is 1. The number of nitro groups is 1. The smallest absolute Gasteiger partial charge is 0.286 e. The van der Waals surface area contributed by atoms with E-state index in [0.717, 1.165) is 5.56 Å². The van der Waals surface area contributed by atoms with E-state index in [-0.39, 0.29) is 18.0 Å². The Balaban J connectivity index is 1.41. The molecule has 2 heterocycles. The zero-order valence-corrected chi connectivity index (χ0v) is 15.5. The summed E-state index contributed by atoms with van der Waals surface area (Å²) in [5, 5.41) is 13.3. The molecule has 0 radical (unpaired) electrons. The maximum absolute atomic E-state index is 13.6. The molecule has 0 saturated carbocycles. The molecule has 0 aliphatic carbocycles. The van der Waals surface area contributed by atoms with Gasteiger partial charge in [-0.25, -0.2) is 9.37 Å². The molecule has 0 bridgehead atoms. The average molecular weight is 406 g/mol. The van der Waals surface area contributed by atoms with Crippen molar-refractivity contribution in [1.29, 1.82) is 0 Å². The van der Waals surface area contributed by atoms with Crippen LogP contribution in [0.2, 0.25) is 0 Å². The van der Waals surface area contributed by atoms with Crippen molar-refractivity contribution < 1.29 is 18.8 Å². The molecule has 0 unspecified atom stereocenters. The van der Waals surface area contributed by atoms with Gasteiger partial charge in [0.15, 0.2) is 6.61 Å². The van der Waals surface area contributed by atoms with Crippen LogP contribution in [-0.2, 0) is 4.79 Å². The number of nitrogens with one attached hydrogen (secondary N) is 1. The first-order chi connectivity index (χ1) is 14.5. The first-order valence-electron chi connectivity index (χ1n) is 8.90. The van der Waals surface area contributed by atoms with Crippen LogP contribution in [0.5, 0.6) is 5.75 Å². The van der Waals surface area contributed by atoms with Gasteiger partial charge in [-0.2, -0.15) is 0 Å². The molecule has 30 heavy (non-hydrogen) atoms. The fourth-order valence-electron chi connectivity index (χ4n) is 2.85. The van der Waals surface area contributed by atoms with Gasteiger partial charge in [-0.15, -0.1) is 0 Å².